The molecule has 0 unspecified atom stereocenters. The Morgan fingerprint density at radius 1 is 1.07 bits per heavy atom. The van der Waals surface area contributed by atoms with Crippen LogP contribution in [-0.4, -0.2) is 44.6 Å². The third kappa shape index (κ3) is 5.61. The second kappa shape index (κ2) is 10.2. The highest BCUT2D eigenvalue weighted by Crippen LogP contribution is 2.28. The summed E-state index contributed by atoms with van der Waals surface area (Å²) in [4.78, 5) is 26.1. The molecular weight excluding hydrogens is 358 g/mol. The minimum atomic E-state index is -0.997. The van der Waals surface area contributed by atoms with E-state index in [1.54, 1.807) is 69.7 Å². The fourth-order valence-electron chi connectivity index (χ4n) is 2.51. The fraction of sp³-hybridized carbons (Fsp3) is 0.273. The van der Waals surface area contributed by atoms with E-state index < -0.39 is 12.1 Å². The molecule has 0 radical (unpaired) electrons. The van der Waals surface area contributed by atoms with E-state index in [4.69, 9.17) is 14.2 Å². The van der Waals surface area contributed by atoms with Crippen molar-refractivity contribution < 1.29 is 23.8 Å². The number of nitrogens with zero attached hydrogens (tertiary/aromatic N) is 1. The number of rotatable bonds is 8. The molecule has 0 aliphatic rings. The normalized spacial score (nSPS) is 11.7. The minimum absolute atomic E-state index is 0.310. The van der Waals surface area contributed by atoms with E-state index in [1.807, 2.05) is 13.0 Å². The molecule has 2 rings (SSSR count). The van der Waals surface area contributed by atoms with Gasteiger partial charge in [0.15, 0.2) is 11.5 Å². The molecule has 0 N–H and O–H groups in total. The highest BCUT2D eigenvalue weighted by Gasteiger charge is 2.25. The molecule has 6 nitrogen and oxygen atoms in total. The quantitative estimate of drug-likeness (QED) is 0.516. The summed E-state index contributed by atoms with van der Waals surface area (Å²) >= 11 is 0. The van der Waals surface area contributed by atoms with Crippen molar-refractivity contribution in [3.8, 4) is 11.5 Å². The molecule has 0 saturated carbocycles. The van der Waals surface area contributed by atoms with E-state index >= 15 is 0 Å². The second-order valence-corrected chi connectivity index (χ2v) is 6.14. The van der Waals surface area contributed by atoms with Gasteiger partial charge in [0.25, 0.3) is 5.91 Å². The van der Waals surface area contributed by atoms with E-state index in [9.17, 15) is 9.59 Å². The molecular formula is C22H25NO5. The van der Waals surface area contributed by atoms with Crippen molar-refractivity contribution in [2.45, 2.75) is 13.0 Å². The van der Waals surface area contributed by atoms with E-state index in [0.717, 1.165) is 5.56 Å². The largest absolute Gasteiger partial charge is 0.493 e. The first-order valence-electron chi connectivity index (χ1n) is 8.92. The maximum absolute atomic E-state index is 12.4. The number of ether oxygens (including phenoxy) is 3. The number of carbonyl (C=O) groups excluding carboxylic acids is 2. The molecule has 0 saturated heterocycles. The van der Waals surface area contributed by atoms with Crippen molar-refractivity contribution in [2.24, 2.45) is 0 Å². The highest BCUT2D eigenvalue weighted by molar-refractivity contribution is 5.91. The van der Waals surface area contributed by atoms with Gasteiger partial charge in [0, 0.05) is 25.7 Å². The van der Waals surface area contributed by atoms with Crippen LogP contribution >= 0.6 is 0 Å². The van der Waals surface area contributed by atoms with E-state index in [1.165, 1.54) is 11.0 Å². The fourth-order valence-corrected chi connectivity index (χ4v) is 2.51. The lowest BCUT2D eigenvalue weighted by atomic mass is 10.1. The Morgan fingerprint density at radius 3 is 2.39 bits per heavy atom. The number of amides is 1. The summed E-state index contributed by atoms with van der Waals surface area (Å²) < 4.78 is 16.2. The van der Waals surface area contributed by atoms with Crippen LogP contribution in [-0.2, 0) is 14.3 Å². The molecule has 1 amide bonds. The zero-order valence-electron chi connectivity index (χ0n) is 16.5. The summed E-state index contributed by atoms with van der Waals surface area (Å²) in [6.07, 6.45) is 1.89. The Labute approximate surface area is 165 Å². The van der Waals surface area contributed by atoms with Crippen LogP contribution < -0.4 is 9.47 Å². The summed E-state index contributed by atoms with van der Waals surface area (Å²) in [5.41, 5.74) is 1.36. The molecule has 0 aromatic heterocycles. The molecule has 0 fully saturated rings. The van der Waals surface area contributed by atoms with Crippen molar-refractivity contribution in [1.82, 2.24) is 4.90 Å². The lowest BCUT2D eigenvalue weighted by molar-refractivity contribution is -0.155. The number of hydrogen-bond donors (Lipinski definition) is 0. The summed E-state index contributed by atoms with van der Waals surface area (Å²) in [6, 6.07) is 14.3. The van der Waals surface area contributed by atoms with E-state index in [-0.39, 0.29) is 5.91 Å². The standard InChI is InChI=1S/C22H25NO5/c1-5-27-18-13-11-16(15-19(18)26-4)12-14-20(24)28-21(22(25)23(2)3)17-9-7-6-8-10-17/h6-15,21H,5H2,1-4H3/b14-12+/t21-/m0/s1. The lowest BCUT2D eigenvalue weighted by Crippen LogP contribution is -2.30. The number of benzene rings is 2. The molecule has 0 spiro atoms. The number of hydrogen-bond acceptors (Lipinski definition) is 5. The summed E-state index contributed by atoms with van der Waals surface area (Å²) in [7, 11) is 4.79. The van der Waals surface area contributed by atoms with Crippen molar-refractivity contribution in [2.75, 3.05) is 27.8 Å². The first-order chi connectivity index (χ1) is 13.5. The Bertz CT molecular complexity index is 830. The van der Waals surface area contributed by atoms with Gasteiger partial charge in [-0.1, -0.05) is 36.4 Å². The van der Waals surface area contributed by atoms with Gasteiger partial charge in [-0.25, -0.2) is 4.79 Å². The molecule has 148 valence electrons. The van der Waals surface area contributed by atoms with Crippen molar-refractivity contribution >= 4 is 18.0 Å². The van der Waals surface area contributed by atoms with Crippen LogP contribution in [0.5, 0.6) is 11.5 Å². The molecule has 2 aromatic carbocycles. The van der Waals surface area contributed by atoms with Gasteiger partial charge >= 0.3 is 5.97 Å². The van der Waals surface area contributed by atoms with Crippen LogP contribution in [0.4, 0.5) is 0 Å². The monoisotopic (exact) mass is 383 g/mol. The lowest BCUT2D eigenvalue weighted by Gasteiger charge is -2.20. The van der Waals surface area contributed by atoms with Crippen molar-refractivity contribution in [3.05, 3.63) is 65.7 Å². The molecule has 1 atom stereocenters. The predicted octanol–water partition coefficient (Wildman–Crippen LogP) is 3.48. The first-order valence-corrected chi connectivity index (χ1v) is 8.92. The predicted molar refractivity (Wildman–Crippen MR) is 107 cm³/mol. The number of likely N-dealkylation sites (N-methyl/N-ethyl adjacent to an activating group) is 1. The van der Waals surface area contributed by atoms with E-state index in [2.05, 4.69) is 0 Å². The molecule has 0 bridgehead atoms. The topological polar surface area (TPSA) is 65.1 Å². The number of methoxy groups -OCH3 is 1. The third-order valence-electron chi connectivity index (χ3n) is 3.90. The van der Waals surface area contributed by atoms with Gasteiger partial charge in [0.05, 0.1) is 13.7 Å². The second-order valence-electron chi connectivity index (χ2n) is 6.14. The van der Waals surface area contributed by atoms with Crippen LogP contribution in [0.3, 0.4) is 0 Å². The molecule has 0 aliphatic heterocycles. The van der Waals surface area contributed by atoms with Crippen LogP contribution in [0.25, 0.3) is 6.08 Å². The van der Waals surface area contributed by atoms with Gasteiger partial charge in [0.2, 0.25) is 6.10 Å². The minimum Gasteiger partial charge on any atom is -0.493 e. The van der Waals surface area contributed by atoms with Gasteiger partial charge in [-0.2, -0.15) is 0 Å². The van der Waals surface area contributed by atoms with Gasteiger partial charge < -0.3 is 19.1 Å². The average Bonchev–Trinajstić information content (AvgIpc) is 2.71. The zero-order chi connectivity index (χ0) is 20.5. The Morgan fingerprint density at radius 2 is 1.79 bits per heavy atom. The summed E-state index contributed by atoms with van der Waals surface area (Å²) in [5.74, 6) is 0.278. The number of esters is 1. The summed E-state index contributed by atoms with van der Waals surface area (Å²) in [5, 5.41) is 0. The third-order valence-corrected chi connectivity index (χ3v) is 3.90. The molecule has 28 heavy (non-hydrogen) atoms. The molecule has 0 aliphatic carbocycles. The molecule has 6 heteroatoms. The maximum Gasteiger partial charge on any atom is 0.331 e. The zero-order valence-corrected chi connectivity index (χ0v) is 16.5. The summed E-state index contributed by atoms with van der Waals surface area (Å²) in [6.45, 7) is 2.42. The molecule has 2 aromatic rings. The van der Waals surface area contributed by atoms with Gasteiger partial charge in [-0.15, -0.1) is 0 Å². The first kappa shape index (κ1) is 21.0. The van der Waals surface area contributed by atoms with Crippen molar-refractivity contribution in [3.63, 3.8) is 0 Å². The Kier molecular flexibility index (Phi) is 7.63. The highest BCUT2D eigenvalue weighted by atomic mass is 16.5. The van der Waals surface area contributed by atoms with E-state index in [0.29, 0.717) is 23.7 Å². The molecule has 0 heterocycles. The maximum atomic E-state index is 12.4. The van der Waals surface area contributed by atoms with Gasteiger partial charge in [-0.05, 0) is 30.7 Å². The van der Waals surface area contributed by atoms with Crippen molar-refractivity contribution in [1.29, 1.82) is 0 Å². The number of carbonyl (C=O) groups is 2. The smallest absolute Gasteiger partial charge is 0.331 e. The van der Waals surface area contributed by atoms with Crippen LogP contribution in [0.15, 0.2) is 54.6 Å². The van der Waals surface area contributed by atoms with Crippen LogP contribution in [0.2, 0.25) is 0 Å². The van der Waals surface area contributed by atoms with Crippen LogP contribution in [0.1, 0.15) is 24.2 Å². The van der Waals surface area contributed by atoms with Gasteiger partial charge in [-0.3, -0.25) is 4.79 Å². The average molecular weight is 383 g/mol. The van der Waals surface area contributed by atoms with Crippen LogP contribution in [0, 0.1) is 0 Å². The Balaban J connectivity index is 2.15. The Hall–Kier alpha value is -3.28. The SMILES string of the molecule is CCOc1ccc(/C=C/C(=O)O[C@H](C(=O)N(C)C)c2ccccc2)cc1OC. The van der Waals surface area contributed by atoms with Gasteiger partial charge in [0.1, 0.15) is 0 Å².